The van der Waals surface area contributed by atoms with E-state index in [-0.39, 0.29) is 23.4 Å². The maximum absolute atomic E-state index is 13.2. The van der Waals surface area contributed by atoms with Gasteiger partial charge in [0.1, 0.15) is 11.6 Å². The first kappa shape index (κ1) is 19.0. The Morgan fingerprint density at radius 2 is 1.89 bits per heavy atom. The lowest BCUT2D eigenvalue weighted by Crippen LogP contribution is -2.40. The van der Waals surface area contributed by atoms with Crippen LogP contribution in [0.3, 0.4) is 0 Å². The molecule has 2 aromatic rings. The third kappa shape index (κ3) is 4.00. The summed E-state index contributed by atoms with van der Waals surface area (Å²) >= 11 is 0. The van der Waals surface area contributed by atoms with Crippen LogP contribution in [0.5, 0.6) is 0 Å². The van der Waals surface area contributed by atoms with Crippen molar-refractivity contribution in [2.24, 2.45) is 0 Å². The molecule has 0 saturated carbocycles. The molecule has 1 atom stereocenters. The molecular formula is C17H19FN4O4S. The lowest BCUT2D eigenvalue weighted by molar-refractivity contribution is -0.136. The molecule has 1 aromatic heterocycles. The summed E-state index contributed by atoms with van der Waals surface area (Å²) < 4.78 is 38.3. The minimum atomic E-state index is -3.36. The van der Waals surface area contributed by atoms with Gasteiger partial charge in [-0.25, -0.2) is 17.5 Å². The fourth-order valence-electron chi connectivity index (χ4n) is 2.70. The number of amides is 2. The minimum absolute atomic E-state index is 0.0991. The van der Waals surface area contributed by atoms with Crippen LogP contribution in [0.15, 0.2) is 24.3 Å². The molecule has 144 valence electrons. The Labute approximate surface area is 155 Å². The van der Waals surface area contributed by atoms with Gasteiger partial charge in [-0.3, -0.25) is 9.59 Å². The number of hydrogen-bond donors (Lipinski definition) is 2. The standard InChI is InChI=1S/C17H19FN4O4S/c1-3-10(2)19-16(23)17(24)20-15-13-8-27(25,26)9-14(13)21-22(15)12-6-4-11(18)5-7-12/h4-7,10H,3,8-9H2,1-2H3,(H,19,23)(H,20,24). The van der Waals surface area contributed by atoms with Crippen molar-refractivity contribution in [1.82, 2.24) is 15.1 Å². The van der Waals surface area contributed by atoms with Crippen molar-refractivity contribution >= 4 is 27.5 Å². The maximum Gasteiger partial charge on any atom is 0.314 e. The number of hydrogen-bond acceptors (Lipinski definition) is 5. The third-order valence-electron chi connectivity index (χ3n) is 4.29. The summed E-state index contributed by atoms with van der Waals surface area (Å²) in [5.41, 5.74) is 1.07. The molecule has 1 unspecified atom stereocenters. The molecule has 3 rings (SSSR count). The number of carbonyl (C=O) groups is 2. The molecule has 1 aliphatic rings. The van der Waals surface area contributed by atoms with Crippen molar-refractivity contribution < 1.29 is 22.4 Å². The molecule has 0 bridgehead atoms. The second-order valence-electron chi connectivity index (χ2n) is 6.43. The molecule has 0 saturated heterocycles. The molecule has 8 nitrogen and oxygen atoms in total. The average molecular weight is 394 g/mol. The van der Waals surface area contributed by atoms with Gasteiger partial charge in [0.25, 0.3) is 0 Å². The molecule has 27 heavy (non-hydrogen) atoms. The first-order chi connectivity index (χ1) is 12.7. The van der Waals surface area contributed by atoms with E-state index in [0.717, 1.165) is 0 Å². The van der Waals surface area contributed by atoms with Crippen LogP contribution in [0.1, 0.15) is 31.5 Å². The van der Waals surface area contributed by atoms with E-state index < -0.39 is 27.5 Å². The van der Waals surface area contributed by atoms with Gasteiger partial charge in [-0.15, -0.1) is 0 Å². The molecule has 1 aromatic carbocycles. The van der Waals surface area contributed by atoms with Crippen molar-refractivity contribution in [1.29, 1.82) is 0 Å². The number of carbonyl (C=O) groups excluding carboxylic acids is 2. The second kappa shape index (κ2) is 7.10. The van der Waals surface area contributed by atoms with E-state index >= 15 is 0 Å². The first-order valence-corrected chi connectivity index (χ1v) is 10.2. The summed E-state index contributed by atoms with van der Waals surface area (Å²) in [4.78, 5) is 24.3. The Hall–Kier alpha value is -2.75. The fraction of sp³-hybridized carbons (Fsp3) is 0.353. The quantitative estimate of drug-likeness (QED) is 0.760. The zero-order valence-corrected chi connectivity index (χ0v) is 15.6. The lowest BCUT2D eigenvalue weighted by atomic mass is 10.2. The van der Waals surface area contributed by atoms with Gasteiger partial charge in [0, 0.05) is 11.6 Å². The monoisotopic (exact) mass is 394 g/mol. The first-order valence-electron chi connectivity index (χ1n) is 8.39. The van der Waals surface area contributed by atoms with Crippen LogP contribution in [0.2, 0.25) is 0 Å². The molecule has 2 N–H and O–H groups in total. The Balaban J connectivity index is 1.96. The fourth-order valence-corrected chi connectivity index (χ4v) is 4.19. The normalized spacial score (nSPS) is 15.8. The van der Waals surface area contributed by atoms with E-state index in [9.17, 15) is 22.4 Å². The highest BCUT2D eigenvalue weighted by atomic mass is 32.2. The van der Waals surface area contributed by atoms with Gasteiger partial charge in [-0.05, 0) is 37.6 Å². The number of nitrogens with zero attached hydrogens (tertiary/aromatic N) is 2. The minimum Gasteiger partial charge on any atom is -0.345 e. The summed E-state index contributed by atoms with van der Waals surface area (Å²) in [7, 11) is -3.36. The van der Waals surface area contributed by atoms with E-state index in [2.05, 4.69) is 15.7 Å². The Morgan fingerprint density at radius 3 is 2.52 bits per heavy atom. The lowest BCUT2D eigenvalue weighted by Gasteiger charge is -2.13. The molecule has 10 heteroatoms. The largest absolute Gasteiger partial charge is 0.345 e. The van der Waals surface area contributed by atoms with Gasteiger partial charge in [0.05, 0.1) is 22.9 Å². The maximum atomic E-state index is 13.2. The van der Waals surface area contributed by atoms with Crippen molar-refractivity contribution in [2.45, 2.75) is 37.8 Å². The summed E-state index contributed by atoms with van der Waals surface area (Å²) in [5, 5.41) is 9.25. The highest BCUT2D eigenvalue weighted by molar-refractivity contribution is 7.90. The number of anilines is 1. The van der Waals surface area contributed by atoms with E-state index in [4.69, 9.17) is 0 Å². The molecule has 0 fully saturated rings. The smallest absolute Gasteiger partial charge is 0.314 e. The number of sulfone groups is 1. The topological polar surface area (TPSA) is 110 Å². The predicted octanol–water partition coefficient (Wildman–Crippen LogP) is 1.29. The van der Waals surface area contributed by atoms with Crippen molar-refractivity contribution in [2.75, 3.05) is 5.32 Å². The van der Waals surface area contributed by atoms with E-state index in [1.165, 1.54) is 28.9 Å². The van der Waals surface area contributed by atoms with E-state index in [1.807, 2.05) is 6.92 Å². The molecule has 0 spiro atoms. The van der Waals surface area contributed by atoms with Gasteiger partial charge in [-0.2, -0.15) is 5.10 Å². The Morgan fingerprint density at radius 1 is 1.22 bits per heavy atom. The number of benzene rings is 1. The molecule has 2 amide bonds. The molecular weight excluding hydrogens is 375 g/mol. The van der Waals surface area contributed by atoms with Crippen molar-refractivity contribution in [3.63, 3.8) is 0 Å². The Kier molecular flexibility index (Phi) is 5.01. The SMILES string of the molecule is CCC(C)NC(=O)C(=O)Nc1c2c(nn1-c1ccc(F)cc1)CS(=O)(=O)C2. The van der Waals surface area contributed by atoms with Gasteiger partial charge in [0.15, 0.2) is 9.84 Å². The van der Waals surface area contributed by atoms with Crippen LogP contribution in [-0.2, 0) is 30.9 Å². The number of rotatable bonds is 4. The second-order valence-corrected chi connectivity index (χ2v) is 8.50. The average Bonchev–Trinajstić information content (AvgIpc) is 3.08. The molecule has 2 heterocycles. The zero-order chi connectivity index (χ0) is 19.8. The van der Waals surface area contributed by atoms with Gasteiger partial charge < -0.3 is 10.6 Å². The zero-order valence-electron chi connectivity index (χ0n) is 14.8. The van der Waals surface area contributed by atoms with E-state index in [0.29, 0.717) is 23.4 Å². The Bertz CT molecular complexity index is 999. The molecule has 0 radical (unpaired) electrons. The van der Waals surface area contributed by atoms with E-state index in [1.54, 1.807) is 6.92 Å². The predicted molar refractivity (Wildman–Crippen MR) is 96.4 cm³/mol. The summed E-state index contributed by atoms with van der Waals surface area (Å²) in [5.74, 6) is -2.64. The van der Waals surface area contributed by atoms with Gasteiger partial charge in [-0.1, -0.05) is 6.92 Å². The van der Waals surface area contributed by atoms with Crippen LogP contribution in [0.25, 0.3) is 5.69 Å². The third-order valence-corrected chi connectivity index (χ3v) is 5.73. The van der Waals surface area contributed by atoms with Crippen molar-refractivity contribution in [3.05, 3.63) is 41.3 Å². The van der Waals surface area contributed by atoms with Crippen LogP contribution >= 0.6 is 0 Å². The van der Waals surface area contributed by atoms with Crippen LogP contribution < -0.4 is 10.6 Å². The molecule has 0 aliphatic carbocycles. The summed E-state index contributed by atoms with van der Waals surface area (Å²) in [6.45, 7) is 3.63. The van der Waals surface area contributed by atoms with Gasteiger partial charge in [0.2, 0.25) is 0 Å². The highest BCUT2D eigenvalue weighted by Crippen LogP contribution is 2.32. The number of fused-ring (bicyclic) bond motifs is 1. The number of aromatic nitrogens is 2. The molecule has 1 aliphatic heterocycles. The number of nitrogens with one attached hydrogen (secondary N) is 2. The van der Waals surface area contributed by atoms with Crippen LogP contribution in [0, 0.1) is 5.82 Å². The summed E-state index contributed by atoms with van der Waals surface area (Å²) in [6.07, 6.45) is 0.653. The summed E-state index contributed by atoms with van der Waals surface area (Å²) in [6, 6.07) is 5.15. The van der Waals surface area contributed by atoms with Crippen LogP contribution in [-0.4, -0.2) is 36.1 Å². The van der Waals surface area contributed by atoms with Crippen molar-refractivity contribution in [3.8, 4) is 5.69 Å². The number of halogens is 1. The van der Waals surface area contributed by atoms with Gasteiger partial charge >= 0.3 is 11.8 Å². The van der Waals surface area contributed by atoms with Crippen LogP contribution in [0.4, 0.5) is 10.2 Å². The highest BCUT2D eigenvalue weighted by Gasteiger charge is 2.34.